The number of hydrogen-bond acceptors (Lipinski definition) is 14. The van der Waals surface area contributed by atoms with Gasteiger partial charge in [0, 0.05) is 6.08 Å². The van der Waals surface area contributed by atoms with Gasteiger partial charge in [0.2, 0.25) is 5.79 Å². The molecule has 0 aliphatic carbocycles. The Kier molecular flexibility index (Phi) is 8.66. The molecular formula is C21H28O14. The average molecular weight is 504 g/mol. The van der Waals surface area contributed by atoms with Crippen molar-refractivity contribution in [3.05, 3.63) is 29.8 Å². The van der Waals surface area contributed by atoms with E-state index in [4.69, 9.17) is 18.9 Å². The number of aliphatic hydroxyl groups is 7. The van der Waals surface area contributed by atoms with Gasteiger partial charge >= 0.3 is 5.97 Å². The number of esters is 1. The van der Waals surface area contributed by atoms with Crippen LogP contribution in [0.1, 0.15) is 5.56 Å². The molecule has 1 aromatic rings. The maximum Gasteiger partial charge on any atom is 0.330 e. The minimum atomic E-state index is -2.33. The Hall–Kier alpha value is -2.37. The van der Waals surface area contributed by atoms with Crippen LogP contribution in [0.2, 0.25) is 0 Å². The Morgan fingerprint density at radius 3 is 2.29 bits per heavy atom. The van der Waals surface area contributed by atoms with E-state index in [0.29, 0.717) is 5.56 Å². The Morgan fingerprint density at radius 1 is 0.971 bits per heavy atom. The second kappa shape index (κ2) is 11.1. The summed E-state index contributed by atoms with van der Waals surface area (Å²) < 4.78 is 20.9. The van der Waals surface area contributed by atoms with E-state index in [2.05, 4.69) is 0 Å². The van der Waals surface area contributed by atoms with Gasteiger partial charge in [0.05, 0.1) is 6.61 Å². The van der Waals surface area contributed by atoms with Crippen molar-refractivity contribution in [1.29, 1.82) is 0 Å². The maximum atomic E-state index is 12.0. The molecule has 0 radical (unpaired) electrons. The Balaban J connectivity index is 1.64. The molecular weight excluding hydrogens is 476 g/mol. The summed E-state index contributed by atoms with van der Waals surface area (Å²) in [5.41, 5.74) is 0.367. The Labute approximate surface area is 198 Å². The van der Waals surface area contributed by atoms with Gasteiger partial charge in [-0.15, -0.1) is 0 Å². The molecule has 2 aliphatic rings. The van der Waals surface area contributed by atoms with Crippen LogP contribution in [-0.2, 0) is 23.7 Å². The van der Waals surface area contributed by atoms with E-state index in [1.54, 1.807) is 0 Å². The van der Waals surface area contributed by atoms with Crippen molar-refractivity contribution in [3.8, 4) is 11.5 Å². The fourth-order valence-corrected chi connectivity index (χ4v) is 3.64. The fraction of sp³-hybridized carbons (Fsp3) is 0.571. The third-order valence-electron chi connectivity index (χ3n) is 5.69. The van der Waals surface area contributed by atoms with Crippen LogP contribution in [0.4, 0.5) is 0 Å². The van der Waals surface area contributed by atoms with Crippen molar-refractivity contribution in [3.63, 3.8) is 0 Å². The molecule has 2 heterocycles. The SMILES string of the molecule is O=C(/C=C/c1ccc(O)c(O)c1)OC[C@H]1O[C@H](O[C@]2(CO)O[C@H](CO)[C@H](O)[C@@H]2O)[C@H](O)[C@@H](O)[C@@H]1O. The number of phenols is 2. The first-order valence-corrected chi connectivity index (χ1v) is 10.5. The van der Waals surface area contributed by atoms with Crippen molar-refractivity contribution in [1.82, 2.24) is 0 Å². The van der Waals surface area contributed by atoms with E-state index < -0.39 is 86.3 Å². The molecule has 2 fully saturated rings. The zero-order chi connectivity index (χ0) is 25.9. The second-order valence-corrected chi connectivity index (χ2v) is 8.09. The van der Waals surface area contributed by atoms with E-state index in [-0.39, 0.29) is 5.75 Å². The van der Waals surface area contributed by atoms with Crippen molar-refractivity contribution >= 4 is 12.0 Å². The molecule has 9 atom stereocenters. The molecule has 2 saturated heterocycles. The normalized spacial score (nSPS) is 37.6. The highest BCUT2D eigenvalue weighted by molar-refractivity contribution is 5.87. The number of aliphatic hydroxyl groups excluding tert-OH is 7. The number of ether oxygens (including phenoxy) is 4. The zero-order valence-electron chi connectivity index (χ0n) is 18.2. The van der Waals surface area contributed by atoms with Crippen LogP contribution in [0.3, 0.4) is 0 Å². The largest absolute Gasteiger partial charge is 0.504 e. The smallest absolute Gasteiger partial charge is 0.330 e. The highest BCUT2D eigenvalue weighted by atomic mass is 16.8. The summed E-state index contributed by atoms with van der Waals surface area (Å²) >= 11 is 0. The molecule has 0 unspecified atom stereocenters. The first-order chi connectivity index (χ1) is 16.5. The van der Waals surface area contributed by atoms with Crippen LogP contribution in [0, 0.1) is 0 Å². The lowest BCUT2D eigenvalue weighted by molar-refractivity contribution is -0.383. The first-order valence-electron chi connectivity index (χ1n) is 10.5. The summed E-state index contributed by atoms with van der Waals surface area (Å²) in [6.45, 7) is -2.38. The number of phenolic OH excluding ortho intramolecular Hbond substituents is 2. The van der Waals surface area contributed by atoms with Gasteiger partial charge in [-0.25, -0.2) is 4.79 Å². The third kappa shape index (κ3) is 5.73. The number of benzene rings is 1. The Bertz CT molecular complexity index is 908. The number of aromatic hydroxyl groups is 2. The lowest BCUT2D eigenvalue weighted by Gasteiger charge is -2.43. The van der Waals surface area contributed by atoms with Crippen LogP contribution in [0.25, 0.3) is 6.08 Å². The van der Waals surface area contributed by atoms with Crippen molar-refractivity contribution < 1.29 is 69.7 Å². The monoisotopic (exact) mass is 504 g/mol. The number of hydrogen-bond donors (Lipinski definition) is 9. The van der Waals surface area contributed by atoms with Crippen molar-refractivity contribution in [2.24, 2.45) is 0 Å². The topological polar surface area (TPSA) is 236 Å². The van der Waals surface area contributed by atoms with Crippen LogP contribution in [0.5, 0.6) is 11.5 Å². The second-order valence-electron chi connectivity index (χ2n) is 8.09. The van der Waals surface area contributed by atoms with Gasteiger partial charge in [-0.05, 0) is 23.8 Å². The summed E-state index contributed by atoms with van der Waals surface area (Å²) in [4.78, 5) is 12.0. The number of carbonyl (C=O) groups excluding carboxylic acids is 1. The average Bonchev–Trinajstić information content (AvgIpc) is 3.09. The van der Waals surface area contributed by atoms with Gasteiger partial charge in [0.1, 0.15) is 55.9 Å². The van der Waals surface area contributed by atoms with Crippen molar-refractivity contribution in [2.75, 3.05) is 19.8 Å². The summed E-state index contributed by atoms with van der Waals surface area (Å²) in [5.74, 6) is -3.97. The lowest BCUT2D eigenvalue weighted by atomic mass is 9.99. The van der Waals surface area contributed by atoms with Crippen LogP contribution in [0.15, 0.2) is 24.3 Å². The summed E-state index contributed by atoms with van der Waals surface area (Å²) in [6.07, 6.45) is -11.3. The predicted molar refractivity (Wildman–Crippen MR) is 111 cm³/mol. The molecule has 9 N–H and O–H groups in total. The predicted octanol–water partition coefficient (Wildman–Crippen LogP) is -3.72. The quantitative estimate of drug-likeness (QED) is 0.0941. The molecule has 35 heavy (non-hydrogen) atoms. The van der Waals surface area contributed by atoms with Gasteiger partial charge in [0.25, 0.3) is 0 Å². The van der Waals surface area contributed by atoms with Gasteiger partial charge in [-0.1, -0.05) is 6.07 Å². The van der Waals surface area contributed by atoms with E-state index >= 15 is 0 Å². The molecule has 196 valence electrons. The molecule has 2 aliphatic heterocycles. The van der Waals surface area contributed by atoms with Crippen LogP contribution < -0.4 is 0 Å². The first kappa shape index (κ1) is 27.2. The van der Waals surface area contributed by atoms with Crippen LogP contribution in [-0.4, -0.2) is 127 Å². The third-order valence-corrected chi connectivity index (χ3v) is 5.69. The van der Waals surface area contributed by atoms with Crippen LogP contribution >= 0.6 is 0 Å². The number of carbonyl (C=O) groups is 1. The molecule has 3 rings (SSSR count). The lowest BCUT2D eigenvalue weighted by Crippen LogP contribution is -2.62. The minimum absolute atomic E-state index is 0.342. The maximum absolute atomic E-state index is 12.0. The highest BCUT2D eigenvalue weighted by Crippen LogP contribution is 2.36. The standard InChI is InChI=1S/C21H28O14/c22-6-12-16(28)19(31)21(8-23,34-12)35-20-18(30)17(29)15(27)13(33-20)7-32-14(26)4-2-9-1-3-10(24)11(25)5-9/h1-5,12-13,15-20,22-25,27-31H,6-8H2/b4-2+/t12-,13-,15-,16+,17+,18-,19+,20-,21+/m1/s1. The van der Waals surface area contributed by atoms with Crippen molar-refractivity contribution in [2.45, 2.75) is 54.8 Å². The van der Waals surface area contributed by atoms with E-state index in [1.807, 2.05) is 0 Å². The molecule has 0 aromatic heterocycles. The molecule has 0 amide bonds. The van der Waals surface area contributed by atoms with Gasteiger partial charge < -0.3 is 64.9 Å². The fourth-order valence-electron chi connectivity index (χ4n) is 3.64. The molecule has 1 aromatic carbocycles. The van der Waals surface area contributed by atoms with Gasteiger partial charge in [0.15, 0.2) is 17.8 Å². The van der Waals surface area contributed by atoms with E-state index in [9.17, 15) is 50.8 Å². The summed E-state index contributed by atoms with van der Waals surface area (Å²) in [7, 11) is 0. The van der Waals surface area contributed by atoms with E-state index in [1.165, 1.54) is 24.3 Å². The molecule has 0 spiro atoms. The van der Waals surface area contributed by atoms with Gasteiger partial charge in [-0.2, -0.15) is 0 Å². The summed E-state index contributed by atoms with van der Waals surface area (Å²) in [5, 5.41) is 88.6. The number of rotatable bonds is 8. The Morgan fingerprint density at radius 2 is 1.69 bits per heavy atom. The minimum Gasteiger partial charge on any atom is -0.504 e. The molecule has 0 saturated carbocycles. The molecule has 0 bridgehead atoms. The summed E-state index contributed by atoms with van der Waals surface area (Å²) in [6, 6.07) is 3.83. The van der Waals surface area contributed by atoms with Gasteiger partial charge in [-0.3, -0.25) is 0 Å². The highest BCUT2D eigenvalue weighted by Gasteiger charge is 2.58. The molecule has 14 heteroatoms. The zero-order valence-corrected chi connectivity index (χ0v) is 18.2. The molecule has 14 nitrogen and oxygen atoms in total. The van der Waals surface area contributed by atoms with E-state index in [0.717, 1.165) is 6.08 Å².